The average molecular weight is 280 g/mol. The van der Waals surface area contributed by atoms with E-state index in [-0.39, 0.29) is 0 Å². The quantitative estimate of drug-likeness (QED) is 0.612. The predicted octanol–water partition coefficient (Wildman–Crippen LogP) is 0.768. The number of guanidine groups is 1. The summed E-state index contributed by atoms with van der Waals surface area (Å²) in [6, 6.07) is 0.673. The minimum atomic E-state index is 0.673. The minimum Gasteiger partial charge on any atom is -0.379 e. The van der Waals surface area contributed by atoms with Gasteiger partial charge in [0.15, 0.2) is 5.96 Å². The molecule has 0 radical (unpaired) electrons. The first kappa shape index (κ1) is 14.1. The van der Waals surface area contributed by atoms with Crippen LogP contribution in [0.2, 0.25) is 0 Å². The molecule has 0 aromatic heterocycles. The van der Waals surface area contributed by atoms with Crippen LogP contribution in [0.15, 0.2) is 4.99 Å². The monoisotopic (exact) mass is 280 g/mol. The number of rotatable bonds is 3. The van der Waals surface area contributed by atoms with E-state index in [4.69, 9.17) is 4.74 Å². The van der Waals surface area contributed by atoms with Crippen molar-refractivity contribution >= 4 is 5.96 Å². The zero-order chi connectivity index (χ0) is 13.8. The summed E-state index contributed by atoms with van der Waals surface area (Å²) in [6.45, 7) is 7.55. The van der Waals surface area contributed by atoms with Gasteiger partial charge in [-0.25, -0.2) is 0 Å². The van der Waals surface area contributed by atoms with Crippen LogP contribution in [0.5, 0.6) is 0 Å². The van der Waals surface area contributed by atoms with Gasteiger partial charge in [0.25, 0.3) is 0 Å². The van der Waals surface area contributed by atoms with Gasteiger partial charge in [0, 0.05) is 45.8 Å². The van der Waals surface area contributed by atoms with Crippen molar-refractivity contribution in [3.8, 4) is 0 Å². The molecular weight excluding hydrogens is 252 g/mol. The van der Waals surface area contributed by atoms with E-state index >= 15 is 0 Å². The second-order valence-corrected chi connectivity index (χ2v) is 6.33. The molecule has 1 atom stereocenters. The fourth-order valence-corrected chi connectivity index (χ4v) is 3.36. The molecule has 1 unspecified atom stereocenters. The number of nitrogens with zero attached hydrogens (tertiary/aromatic N) is 3. The van der Waals surface area contributed by atoms with E-state index in [1.807, 2.05) is 7.05 Å². The zero-order valence-electron chi connectivity index (χ0n) is 12.7. The lowest BCUT2D eigenvalue weighted by Gasteiger charge is -2.32. The lowest BCUT2D eigenvalue weighted by Crippen LogP contribution is -2.48. The van der Waals surface area contributed by atoms with E-state index in [9.17, 15) is 0 Å². The first-order chi connectivity index (χ1) is 9.85. The van der Waals surface area contributed by atoms with E-state index in [0.717, 1.165) is 51.3 Å². The molecule has 1 N–H and O–H groups in total. The standard InChI is InChI=1S/C15H28N4O/c1-16-15(17-14-3-2-4-14)19-6-5-13(12-19)11-18-7-9-20-10-8-18/h13-14H,2-12H2,1H3,(H,16,17). The van der Waals surface area contributed by atoms with Crippen LogP contribution in [0.4, 0.5) is 0 Å². The Bertz CT molecular complexity index is 337. The first-order valence-corrected chi connectivity index (χ1v) is 8.13. The van der Waals surface area contributed by atoms with Crippen molar-refractivity contribution in [3.05, 3.63) is 0 Å². The highest BCUT2D eigenvalue weighted by Crippen LogP contribution is 2.21. The summed E-state index contributed by atoms with van der Waals surface area (Å²) in [5.74, 6) is 1.91. The molecular formula is C15H28N4O. The molecule has 0 bridgehead atoms. The van der Waals surface area contributed by atoms with Crippen LogP contribution in [0, 0.1) is 5.92 Å². The summed E-state index contributed by atoms with van der Waals surface area (Å²) < 4.78 is 5.42. The second-order valence-electron chi connectivity index (χ2n) is 6.33. The first-order valence-electron chi connectivity index (χ1n) is 8.13. The number of ether oxygens (including phenoxy) is 1. The van der Waals surface area contributed by atoms with E-state index in [2.05, 4.69) is 20.1 Å². The molecule has 5 heteroatoms. The Morgan fingerprint density at radius 1 is 1.20 bits per heavy atom. The van der Waals surface area contributed by atoms with Gasteiger partial charge in [-0.1, -0.05) is 0 Å². The molecule has 3 rings (SSSR count). The average Bonchev–Trinajstić information content (AvgIpc) is 2.87. The predicted molar refractivity (Wildman–Crippen MR) is 81.1 cm³/mol. The smallest absolute Gasteiger partial charge is 0.193 e. The zero-order valence-corrected chi connectivity index (χ0v) is 12.7. The van der Waals surface area contributed by atoms with Crippen LogP contribution in [0.1, 0.15) is 25.7 Å². The Hall–Kier alpha value is -0.810. The van der Waals surface area contributed by atoms with Crippen LogP contribution in [0.3, 0.4) is 0 Å². The molecule has 20 heavy (non-hydrogen) atoms. The topological polar surface area (TPSA) is 40.1 Å². The number of nitrogens with one attached hydrogen (secondary N) is 1. The Kier molecular flexibility index (Phi) is 4.78. The molecule has 0 aromatic rings. The fourth-order valence-electron chi connectivity index (χ4n) is 3.36. The second kappa shape index (κ2) is 6.76. The summed E-state index contributed by atoms with van der Waals surface area (Å²) >= 11 is 0. The molecule has 1 saturated carbocycles. The van der Waals surface area contributed by atoms with E-state index in [1.54, 1.807) is 0 Å². The highest BCUT2D eigenvalue weighted by molar-refractivity contribution is 5.80. The number of hydrogen-bond donors (Lipinski definition) is 1. The summed E-state index contributed by atoms with van der Waals surface area (Å²) in [5, 5.41) is 3.61. The number of morpholine rings is 1. The maximum Gasteiger partial charge on any atom is 0.193 e. The maximum absolute atomic E-state index is 5.42. The molecule has 2 heterocycles. The molecule has 114 valence electrons. The van der Waals surface area contributed by atoms with Gasteiger partial charge >= 0.3 is 0 Å². The third kappa shape index (κ3) is 3.44. The molecule has 1 aliphatic carbocycles. The van der Waals surface area contributed by atoms with Crippen LogP contribution in [-0.2, 0) is 4.74 Å². The van der Waals surface area contributed by atoms with Crippen LogP contribution in [-0.4, -0.2) is 74.8 Å². The lowest BCUT2D eigenvalue weighted by atomic mass is 9.93. The Morgan fingerprint density at radius 2 is 2.00 bits per heavy atom. The molecule has 2 aliphatic heterocycles. The van der Waals surface area contributed by atoms with Crippen molar-refractivity contribution < 1.29 is 4.74 Å². The van der Waals surface area contributed by atoms with Crippen molar-refractivity contribution in [3.63, 3.8) is 0 Å². The highest BCUT2D eigenvalue weighted by Gasteiger charge is 2.28. The van der Waals surface area contributed by atoms with Gasteiger partial charge < -0.3 is 15.0 Å². The van der Waals surface area contributed by atoms with Crippen molar-refractivity contribution in [2.24, 2.45) is 10.9 Å². The van der Waals surface area contributed by atoms with Gasteiger partial charge in [-0.2, -0.15) is 0 Å². The van der Waals surface area contributed by atoms with Gasteiger partial charge in [-0.05, 0) is 31.6 Å². The number of likely N-dealkylation sites (tertiary alicyclic amines) is 1. The number of aliphatic imine (C=N–C) groups is 1. The van der Waals surface area contributed by atoms with Gasteiger partial charge in [-0.15, -0.1) is 0 Å². The summed E-state index contributed by atoms with van der Waals surface area (Å²) in [6.07, 6.45) is 5.28. The minimum absolute atomic E-state index is 0.673. The van der Waals surface area contributed by atoms with Crippen LogP contribution >= 0.6 is 0 Å². The normalized spacial score (nSPS) is 29.6. The molecule has 0 amide bonds. The highest BCUT2D eigenvalue weighted by atomic mass is 16.5. The van der Waals surface area contributed by atoms with E-state index < -0.39 is 0 Å². The Labute approximate surface area is 122 Å². The molecule has 5 nitrogen and oxygen atoms in total. The molecule has 0 aromatic carbocycles. The van der Waals surface area contributed by atoms with Crippen LogP contribution in [0.25, 0.3) is 0 Å². The number of hydrogen-bond acceptors (Lipinski definition) is 3. The fraction of sp³-hybridized carbons (Fsp3) is 0.933. The Balaban J connectivity index is 1.45. The largest absolute Gasteiger partial charge is 0.379 e. The maximum atomic E-state index is 5.42. The van der Waals surface area contributed by atoms with E-state index in [1.165, 1.54) is 32.2 Å². The van der Waals surface area contributed by atoms with Crippen molar-refractivity contribution in [2.45, 2.75) is 31.7 Å². The lowest BCUT2D eigenvalue weighted by molar-refractivity contribution is 0.0315. The molecule has 0 spiro atoms. The molecule has 3 fully saturated rings. The van der Waals surface area contributed by atoms with E-state index in [0.29, 0.717) is 6.04 Å². The Morgan fingerprint density at radius 3 is 2.65 bits per heavy atom. The van der Waals surface area contributed by atoms with Gasteiger partial charge in [-0.3, -0.25) is 9.89 Å². The third-order valence-electron chi connectivity index (χ3n) is 4.86. The molecule has 2 saturated heterocycles. The van der Waals surface area contributed by atoms with Crippen molar-refractivity contribution in [1.82, 2.24) is 15.1 Å². The molecule has 3 aliphatic rings. The van der Waals surface area contributed by atoms with Gasteiger partial charge in [0.1, 0.15) is 0 Å². The third-order valence-corrected chi connectivity index (χ3v) is 4.86. The van der Waals surface area contributed by atoms with Gasteiger partial charge in [0.2, 0.25) is 0 Å². The van der Waals surface area contributed by atoms with Crippen molar-refractivity contribution in [1.29, 1.82) is 0 Å². The van der Waals surface area contributed by atoms with Crippen LogP contribution < -0.4 is 5.32 Å². The summed E-state index contributed by atoms with van der Waals surface area (Å²) in [4.78, 5) is 9.47. The SMILES string of the molecule is CN=C(NC1CCC1)N1CCC(CN2CCOCC2)C1. The summed E-state index contributed by atoms with van der Waals surface area (Å²) in [5.41, 5.74) is 0. The van der Waals surface area contributed by atoms with Gasteiger partial charge in [0.05, 0.1) is 13.2 Å². The van der Waals surface area contributed by atoms with Crippen molar-refractivity contribution in [2.75, 3.05) is 53.0 Å². The summed E-state index contributed by atoms with van der Waals surface area (Å²) in [7, 11) is 1.91.